The van der Waals surface area contributed by atoms with Gasteiger partial charge in [0.25, 0.3) is 0 Å². The number of carboxylic acids is 1. The molecule has 33 heavy (non-hydrogen) atoms. The lowest BCUT2D eigenvalue weighted by atomic mass is 9.98. The Labute approximate surface area is 192 Å². The Morgan fingerprint density at radius 1 is 1.03 bits per heavy atom. The van der Waals surface area contributed by atoms with Gasteiger partial charge < -0.3 is 32.5 Å². The molecule has 1 rings (SSSR count). The van der Waals surface area contributed by atoms with Crippen LogP contribution in [0.3, 0.4) is 0 Å². The molecule has 0 bridgehead atoms. The number of carboxylic acid groups (broad SMARTS) is 1. The Bertz CT molecular complexity index is 832. The van der Waals surface area contributed by atoms with Gasteiger partial charge in [0.2, 0.25) is 23.6 Å². The molecule has 1 aromatic carbocycles. The summed E-state index contributed by atoms with van der Waals surface area (Å²) in [4.78, 5) is 59.7. The van der Waals surface area contributed by atoms with Crippen molar-refractivity contribution in [2.75, 3.05) is 6.54 Å². The van der Waals surface area contributed by atoms with Crippen LogP contribution in [0.15, 0.2) is 30.3 Å². The van der Waals surface area contributed by atoms with Crippen LogP contribution >= 0.6 is 0 Å². The maximum Gasteiger partial charge on any atom is 0.326 e. The van der Waals surface area contributed by atoms with Gasteiger partial charge in [0.15, 0.2) is 0 Å². The van der Waals surface area contributed by atoms with E-state index in [9.17, 15) is 29.1 Å². The van der Waals surface area contributed by atoms with Crippen molar-refractivity contribution in [1.29, 1.82) is 0 Å². The van der Waals surface area contributed by atoms with Gasteiger partial charge in [0.05, 0.1) is 12.6 Å². The number of nitrogens with two attached hydrogens (primary N) is 2. The molecular formula is C22H33N5O6. The number of hydrogen-bond donors (Lipinski definition) is 6. The van der Waals surface area contributed by atoms with Crippen LogP contribution in [0.2, 0.25) is 0 Å². The third-order valence-corrected chi connectivity index (χ3v) is 5.17. The van der Waals surface area contributed by atoms with Crippen LogP contribution in [0.25, 0.3) is 0 Å². The molecule has 4 amide bonds. The minimum absolute atomic E-state index is 0.0357. The summed E-state index contributed by atoms with van der Waals surface area (Å²) in [6.45, 7) is 3.07. The van der Waals surface area contributed by atoms with E-state index in [0.717, 1.165) is 5.56 Å². The van der Waals surface area contributed by atoms with E-state index in [1.54, 1.807) is 37.3 Å². The number of amides is 4. The molecule has 0 saturated carbocycles. The quantitative estimate of drug-likeness (QED) is 0.204. The van der Waals surface area contributed by atoms with Crippen LogP contribution in [0.4, 0.5) is 0 Å². The SMILES string of the molecule is CCC(C)C(NC(=O)C(Cc1ccccc1)NC(=O)CNC(=O)C(N)CCC(N)=O)C(=O)O. The molecule has 8 N–H and O–H groups in total. The van der Waals surface area contributed by atoms with Crippen LogP contribution in [0, 0.1) is 5.92 Å². The Morgan fingerprint density at radius 3 is 2.21 bits per heavy atom. The average Bonchev–Trinajstić information content (AvgIpc) is 2.78. The van der Waals surface area contributed by atoms with Crippen molar-refractivity contribution < 1.29 is 29.1 Å². The van der Waals surface area contributed by atoms with E-state index in [0.29, 0.717) is 6.42 Å². The van der Waals surface area contributed by atoms with E-state index in [4.69, 9.17) is 11.5 Å². The molecule has 0 aliphatic rings. The molecule has 1 aromatic rings. The Kier molecular flexibility index (Phi) is 11.6. The predicted octanol–water partition coefficient (Wildman–Crippen LogP) is -0.962. The zero-order valence-corrected chi connectivity index (χ0v) is 18.9. The Morgan fingerprint density at radius 2 is 1.67 bits per heavy atom. The summed E-state index contributed by atoms with van der Waals surface area (Å²) in [5.74, 6) is -4.03. The highest BCUT2D eigenvalue weighted by molar-refractivity contribution is 5.92. The van der Waals surface area contributed by atoms with Gasteiger partial charge in [-0.15, -0.1) is 0 Å². The Hall–Kier alpha value is -3.47. The standard InChI is InChI=1S/C22H33N5O6/c1-3-13(2)19(22(32)33)27-21(31)16(11-14-7-5-4-6-8-14)26-18(29)12-25-20(30)15(23)9-10-17(24)28/h4-8,13,15-16,19H,3,9-12,23H2,1-2H3,(H2,24,28)(H,25,30)(H,26,29)(H,27,31)(H,32,33). The highest BCUT2D eigenvalue weighted by Gasteiger charge is 2.29. The van der Waals surface area contributed by atoms with Crippen molar-refractivity contribution >= 4 is 29.6 Å². The number of benzene rings is 1. The van der Waals surface area contributed by atoms with E-state index < -0.39 is 54.3 Å². The number of carbonyl (C=O) groups excluding carboxylic acids is 4. The maximum absolute atomic E-state index is 12.9. The smallest absolute Gasteiger partial charge is 0.326 e. The minimum atomic E-state index is -1.17. The summed E-state index contributed by atoms with van der Waals surface area (Å²) in [6, 6.07) is 5.72. The molecular weight excluding hydrogens is 430 g/mol. The van der Waals surface area contributed by atoms with Gasteiger partial charge in [0.1, 0.15) is 12.1 Å². The topological polar surface area (TPSA) is 194 Å². The summed E-state index contributed by atoms with van der Waals surface area (Å²) < 4.78 is 0. The average molecular weight is 464 g/mol. The monoisotopic (exact) mass is 463 g/mol. The van der Waals surface area contributed by atoms with E-state index in [1.807, 2.05) is 6.92 Å². The molecule has 0 radical (unpaired) electrons. The molecule has 0 aliphatic heterocycles. The predicted molar refractivity (Wildman–Crippen MR) is 121 cm³/mol. The summed E-state index contributed by atoms with van der Waals surface area (Å²) in [5, 5.41) is 16.8. The van der Waals surface area contributed by atoms with Gasteiger partial charge in [-0.3, -0.25) is 19.2 Å². The van der Waals surface area contributed by atoms with Gasteiger partial charge in [-0.05, 0) is 17.9 Å². The van der Waals surface area contributed by atoms with Gasteiger partial charge in [0, 0.05) is 12.8 Å². The van der Waals surface area contributed by atoms with Crippen molar-refractivity contribution in [2.45, 2.75) is 57.7 Å². The first-order valence-corrected chi connectivity index (χ1v) is 10.7. The zero-order valence-electron chi connectivity index (χ0n) is 18.9. The molecule has 0 aliphatic carbocycles. The Balaban J connectivity index is 2.82. The number of nitrogens with one attached hydrogen (secondary N) is 3. The lowest BCUT2D eigenvalue weighted by Gasteiger charge is -2.24. The molecule has 11 heteroatoms. The first kappa shape index (κ1) is 27.6. The highest BCUT2D eigenvalue weighted by Crippen LogP contribution is 2.10. The van der Waals surface area contributed by atoms with Crippen molar-refractivity contribution in [3.8, 4) is 0 Å². The van der Waals surface area contributed by atoms with Gasteiger partial charge in [-0.1, -0.05) is 50.6 Å². The third kappa shape index (κ3) is 10.1. The van der Waals surface area contributed by atoms with Crippen molar-refractivity contribution in [2.24, 2.45) is 17.4 Å². The molecule has 11 nitrogen and oxygen atoms in total. The van der Waals surface area contributed by atoms with Crippen molar-refractivity contribution in [3.63, 3.8) is 0 Å². The lowest BCUT2D eigenvalue weighted by molar-refractivity contribution is -0.143. The normalized spacial score (nSPS) is 14.3. The van der Waals surface area contributed by atoms with Gasteiger partial charge >= 0.3 is 5.97 Å². The van der Waals surface area contributed by atoms with Crippen LogP contribution in [0.5, 0.6) is 0 Å². The van der Waals surface area contributed by atoms with Gasteiger partial charge in [-0.25, -0.2) is 4.79 Å². The molecule has 0 heterocycles. The number of aliphatic carboxylic acids is 1. The third-order valence-electron chi connectivity index (χ3n) is 5.17. The van der Waals surface area contributed by atoms with E-state index in [1.165, 1.54) is 0 Å². The fourth-order valence-electron chi connectivity index (χ4n) is 2.97. The fraction of sp³-hybridized carbons (Fsp3) is 0.500. The molecule has 0 aromatic heterocycles. The first-order chi connectivity index (χ1) is 15.5. The summed E-state index contributed by atoms with van der Waals surface area (Å²) >= 11 is 0. The molecule has 0 saturated heterocycles. The number of carbonyl (C=O) groups is 5. The summed E-state index contributed by atoms with van der Waals surface area (Å²) in [5.41, 5.74) is 11.4. The highest BCUT2D eigenvalue weighted by atomic mass is 16.4. The van der Waals surface area contributed by atoms with Gasteiger partial charge in [-0.2, -0.15) is 0 Å². The molecule has 4 unspecified atom stereocenters. The lowest BCUT2D eigenvalue weighted by Crippen LogP contribution is -2.55. The minimum Gasteiger partial charge on any atom is -0.480 e. The second kappa shape index (κ2) is 13.8. The van der Waals surface area contributed by atoms with E-state index in [2.05, 4.69) is 16.0 Å². The number of rotatable bonds is 14. The molecule has 0 fully saturated rings. The van der Waals surface area contributed by atoms with Crippen LogP contribution in [-0.2, 0) is 30.4 Å². The van der Waals surface area contributed by atoms with E-state index >= 15 is 0 Å². The molecule has 0 spiro atoms. The van der Waals surface area contributed by atoms with Crippen molar-refractivity contribution in [3.05, 3.63) is 35.9 Å². The van der Waals surface area contributed by atoms with Crippen LogP contribution < -0.4 is 27.4 Å². The maximum atomic E-state index is 12.9. The fourth-order valence-corrected chi connectivity index (χ4v) is 2.97. The van der Waals surface area contributed by atoms with Crippen LogP contribution in [0.1, 0.15) is 38.7 Å². The second-order valence-electron chi connectivity index (χ2n) is 7.85. The second-order valence-corrected chi connectivity index (χ2v) is 7.85. The van der Waals surface area contributed by atoms with Crippen LogP contribution in [-0.4, -0.2) is 59.4 Å². The van der Waals surface area contributed by atoms with Crippen molar-refractivity contribution in [1.82, 2.24) is 16.0 Å². The largest absolute Gasteiger partial charge is 0.480 e. The number of primary amides is 1. The molecule has 4 atom stereocenters. The number of hydrogen-bond acceptors (Lipinski definition) is 6. The van der Waals surface area contributed by atoms with E-state index in [-0.39, 0.29) is 25.2 Å². The summed E-state index contributed by atoms with van der Waals surface area (Å²) in [6.07, 6.45) is 0.626. The molecule has 182 valence electrons. The summed E-state index contributed by atoms with van der Waals surface area (Å²) in [7, 11) is 0. The first-order valence-electron chi connectivity index (χ1n) is 10.7. The zero-order chi connectivity index (χ0) is 25.0.